The Morgan fingerprint density at radius 2 is 1.72 bits per heavy atom. The number of amides is 1. The van der Waals surface area contributed by atoms with Crippen LogP contribution in [0.25, 0.3) is 21.9 Å². The van der Waals surface area contributed by atoms with Crippen molar-refractivity contribution in [3.8, 4) is 11.1 Å². The van der Waals surface area contributed by atoms with E-state index in [1.165, 1.54) is 22.1 Å². The van der Waals surface area contributed by atoms with E-state index in [0.717, 1.165) is 11.1 Å². The summed E-state index contributed by atoms with van der Waals surface area (Å²) in [6.07, 6.45) is 0. The Morgan fingerprint density at radius 3 is 2.44 bits per heavy atom. The van der Waals surface area contributed by atoms with Crippen molar-refractivity contribution in [2.24, 2.45) is 5.73 Å². The zero-order chi connectivity index (χ0) is 12.5. The molecule has 0 aliphatic heterocycles. The number of hydrogen-bond acceptors (Lipinski definition) is 2. The molecule has 3 rings (SSSR count). The SMILES string of the molecule is NC(=O)c1cc(-c2ccc3ccccc3c2)cs1. The molecule has 3 aromatic rings. The molecule has 2 aromatic carbocycles. The molecule has 88 valence electrons. The lowest BCUT2D eigenvalue weighted by atomic mass is 10.0. The fraction of sp³-hybridized carbons (Fsp3) is 0. The molecule has 0 fully saturated rings. The lowest BCUT2D eigenvalue weighted by Gasteiger charge is -2.01. The molecule has 0 radical (unpaired) electrons. The van der Waals surface area contributed by atoms with Gasteiger partial charge in [-0.25, -0.2) is 0 Å². The van der Waals surface area contributed by atoms with E-state index >= 15 is 0 Å². The molecule has 0 bridgehead atoms. The maximum atomic E-state index is 11.1. The first kappa shape index (κ1) is 11.0. The first-order chi connectivity index (χ1) is 8.74. The van der Waals surface area contributed by atoms with Crippen LogP contribution in [0.2, 0.25) is 0 Å². The monoisotopic (exact) mass is 253 g/mol. The molecule has 1 amide bonds. The minimum Gasteiger partial charge on any atom is -0.365 e. The van der Waals surface area contributed by atoms with Crippen LogP contribution in [0.3, 0.4) is 0 Å². The van der Waals surface area contributed by atoms with Crippen LogP contribution in [0.1, 0.15) is 9.67 Å². The largest absolute Gasteiger partial charge is 0.365 e. The summed E-state index contributed by atoms with van der Waals surface area (Å²) in [5, 5.41) is 4.37. The summed E-state index contributed by atoms with van der Waals surface area (Å²) in [5.41, 5.74) is 7.42. The normalized spacial score (nSPS) is 10.7. The molecular formula is C15H11NOS. The molecule has 0 saturated heterocycles. The highest BCUT2D eigenvalue weighted by Crippen LogP contribution is 2.28. The maximum Gasteiger partial charge on any atom is 0.258 e. The minimum atomic E-state index is -0.368. The third-order valence-corrected chi connectivity index (χ3v) is 3.87. The Balaban J connectivity index is 2.10. The van der Waals surface area contributed by atoms with Crippen LogP contribution in [-0.2, 0) is 0 Å². The Hall–Kier alpha value is -2.13. The summed E-state index contributed by atoms with van der Waals surface area (Å²) < 4.78 is 0. The first-order valence-electron chi connectivity index (χ1n) is 5.61. The van der Waals surface area contributed by atoms with Crippen LogP contribution < -0.4 is 5.73 Å². The average molecular weight is 253 g/mol. The fourth-order valence-electron chi connectivity index (χ4n) is 1.99. The van der Waals surface area contributed by atoms with Gasteiger partial charge in [0.25, 0.3) is 5.91 Å². The van der Waals surface area contributed by atoms with Crippen molar-refractivity contribution in [2.75, 3.05) is 0 Å². The van der Waals surface area contributed by atoms with Gasteiger partial charge >= 0.3 is 0 Å². The van der Waals surface area contributed by atoms with Gasteiger partial charge in [-0.05, 0) is 39.4 Å². The van der Waals surface area contributed by atoms with Crippen LogP contribution in [-0.4, -0.2) is 5.91 Å². The van der Waals surface area contributed by atoms with E-state index < -0.39 is 0 Å². The smallest absolute Gasteiger partial charge is 0.258 e. The molecule has 1 aromatic heterocycles. The van der Waals surface area contributed by atoms with Gasteiger partial charge in [0.05, 0.1) is 4.88 Å². The number of benzene rings is 2. The van der Waals surface area contributed by atoms with Crippen molar-refractivity contribution in [1.29, 1.82) is 0 Å². The van der Waals surface area contributed by atoms with E-state index in [1.54, 1.807) is 0 Å². The number of primary amides is 1. The van der Waals surface area contributed by atoms with Crippen LogP contribution in [0.15, 0.2) is 53.9 Å². The number of hydrogen-bond donors (Lipinski definition) is 1. The van der Waals surface area contributed by atoms with Crippen molar-refractivity contribution in [2.45, 2.75) is 0 Å². The highest BCUT2D eigenvalue weighted by molar-refractivity contribution is 7.12. The summed E-state index contributed by atoms with van der Waals surface area (Å²) >= 11 is 1.38. The van der Waals surface area contributed by atoms with Crippen molar-refractivity contribution in [3.63, 3.8) is 0 Å². The summed E-state index contributed by atoms with van der Waals surface area (Å²) in [4.78, 5) is 11.7. The van der Waals surface area contributed by atoms with Crippen LogP contribution >= 0.6 is 11.3 Å². The standard InChI is InChI=1S/C15H11NOS/c16-15(17)14-8-13(9-18-14)12-6-5-10-3-1-2-4-11(10)7-12/h1-9H,(H2,16,17). The fourth-order valence-corrected chi connectivity index (χ4v) is 2.75. The van der Waals surface area contributed by atoms with Crippen LogP contribution in [0, 0.1) is 0 Å². The summed E-state index contributed by atoms with van der Waals surface area (Å²) in [5.74, 6) is -0.368. The number of carbonyl (C=O) groups excluding carboxylic acids is 1. The van der Waals surface area contributed by atoms with Gasteiger partial charge in [0, 0.05) is 0 Å². The van der Waals surface area contributed by atoms with Crippen molar-refractivity contribution in [1.82, 2.24) is 0 Å². The number of rotatable bonds is 2. The topological polar surface area (TPSA) is 43.1 Å². The van der Waals surface area contributed by atoms with Gasteiger partial charge in [-0.3, -0.25) is 4.79 Å². The lowest BCUT2D eigenvalue weighted by molar-refractivity contribution is 0.100. The third kappa shape index (κ3) is 1.89. The van der Waals surface area contributed by atoms with Gasteiger partial charge in [0.15, 0.2) is 0 Å². The molecule has 18 heavy (non-hydrogen) atoms. The Labute approximate surface area is 109 Å². The molecule has 2 nitrogen and oxygen atoms in total. The summed E-state index contributed by atoms with van der Waals surface area (Å²) in [6, 6.07) is 16.3. The average Bonchev–Trinajstić information content (AvgIpc) is 2.88. The number of carbonyl (C=O) groups is 1. The molecule has 2 N–H and O–H groups in total. The predicted molar refractivity (Wildman–Crippen MR) is 75.8 cm³/mol. The molecule has 0 aliphatic rings. The second-order valence-electron chi connectivity index (χ2n) is 4.13. The maximum absolute atomic E-state index is 11.1. The predicted octanol–water partition coefficient (Wildman–Crippen LogP) is 3.67. The Bertz CT molecular complexity index is 730. The van der Waals surface area contributed by atoms with Gasteiger partial charge in [0.1, 0.15) is 0 Å². The zero-order valence-electron chi connectivity index (χ0n) is 9.59. The summed E-state index contributed by atoms with van der Waals surface area (Å²) in [6.45, 7) is 0. The van der Waals surface area contributed by atoms with E-state index in [2.05, 4.69) is 30.3 Å². The van der Waals surface area contributed by atoms with Gasteiger partial charge in [-0.1, -0.05) is 36.4 Å². The molecule has 0 spiro atoms. The van der Waals surface area contributed by atoms with Gasteiger partial charge < -0.3 is 5.73 Å². The highest BCUT2D eigenvalue weighted by Gasteiger charge is 2.06. The molecule has 1 heterocycles. The van der Waals surface area contributed by atoms with E-state index in [-0.39, 0.29) is 5.91 Å². The molecule has 3 heteroatoms. The molecule has 0 saturated carbocycles. The number of thiophene rings is 1. The molecule has 0 atom stereocenters. The quantitative estimate of drug-likeness (QED) is 0.744. The molecule has 0 unspecified atom stereocenters. The van der Waals surface area contributed by atoms with E-state index in [1.807, 2.05) is 23.6 Å². The van der Waals surface area contributed by atoms with E-state index in [0.29, 0.717) is 4.88 Å². The summed E-state index contributed by atoms with van der Waals surface area (Å²) in [7, 11) is 0. The third-order valence-electron chi connectivity index (χ3n) is 2.93. The lowest BCUT2D eigenvalue weighted by Crippen LogP contribution is -2.08. The highest BCUT2D eigenvalue weighted by atomic mass is 32.1. The Morgan fingerprint density at radius 1 is 0.944 bits per heavy atom. The van der Waals surface area contributed by atoms with Crippen molar-refractivity contribution >= 4 is 28.0 Å². The number of fused-ring (bicyclic) bond motifs is 1. The molecule has 0 aliphatic carbocycles. The van der Waals surface area contributed by atoms with Crippen molar-refractivity contribution in [3.05, 3.63) is 58.8 Å². The first-order valence-corrected chi connectivity index (χ1v) is 6.49. The molecular weight excluding hydrogens is 242 g/mol. The van der Waals surface area contributed by atoms with Gasteiger partial charge in [-0.2, -0.15) is 0 Å². The van der Waals surface area contributed by atoms with E-state index in [9.17, 15) is 4.79 Å². The van der Waals surface area contributed by atoms with Crippen molar-refractivity contribution < 1.29 is 4.79 Å². The van der Waals surface area contributed by atoms with E-state index in [4.69, 9.17) is 5.73 Å². The van der Waals surface area contributed by atoms with Gasteiger partial charge in [0.2, 0.25) is 0 Å². The Kier molecular flexibility index (Phi) is 2.61. The van der Waals surface area contributed by atoms with Crippen LogP contribution in [0.4, 0.5) is 0 Å². The number of nitrogens with two attached hydrogens (primary N) is 1. The second kappa shape index (κ2) is 4.27. The van der Waals surface area contributed by atoms with Gasteiger partial charge in [-0.15, -0.1) is 11.3 Å². The van der Waals surface area contributed by atoms with Crippen LogP contribution in [0.5, 0.6) is 0 Å². The zero-order valence-corrected chi connectivity index (χ0v) is 10.4. The second-order valence-corrected chi connectivity index (χ2v) is 5.04. The minimum absolute atomic E-state index is 0.368.